The van der Waals surface area contributed by atoms with Gasteiger partial charge in [0.2, 0.25) is 11.8 Å². The average molecular weight is 357 g/mol. The second-order valence-corrected chi connectivity index (χ2v) is 7.91. The van der Waals surface area contributed by atoms with Gasteiger partial charge in [-0.25, -0.2) is 0 Å². The highest BCUT2D eigenvalue weighted by Gasteiger charge is 2.49. The molecule has 2 aliphatic rings. The molecule has 0 aromatic heterocycles. The van der Waals surface area contributed by atoms with Crippen molar-refractivity contribution in [2.24, 2.45) is 17.3 Å². The fraction of sp³-hybridized carbons (Fsp3) is 0.619. The van der Waals surface area contributed by atoms with E-state index >= 15 is 0 Å². The van der Waals surface area contributed by atoms with Crippen molar-refractivity contribution in [1.82, 2.24) is 10.6 Å². The fourth-order valence-electron chi connectivity index (χ4n) is 4.26. The summed E-state index contributed by atoms with van der Waals surface area (Å²) < 4.78 is 0. The number of hydrogen-bond donors (Lipinski definition) is 3. The van der Waals surface area contributed by atoms with Gasteiger partial charge in [0, 0.05) is 24.7 Å². The van der Waals surface area contributed by atoms with Crippen molar-refractivity contribution in [3.8, 4) is 0 Å². The van der Waals surface area contributed by atoms with Crippen molar-refractivity contribution < 1.29 is 9.59 Å². The summed E-state index contributed by atoms with van der Waals surface area (Å²) in [6.07, 6.45) is 5.33. The van der Waals surface area contributed by atoms with Crippen molar-refractivity contribution in [1.29, 1.82) is 0 Å². The molecule has 1 saturated carbocycles. The van der Waals surface area contributed by atoms with E-state index in [1.54, 1.807) is 0 Å². The molecular formula is C21H31N3O2. The summed E-state index contributed by atoms with van der Waals surface area (Å²) in [5.41, 5.74) is 1.58. The van der Waals surface area contributed by atoms with Crippen LogP contribution in [0.3, 0.4) is 0 Å². The molecule has 1 aromatic rings. The molecule has 0 bridgehead atoms. The fourth-order valence-corrected chi connectivity index (χ4v) is 4.26. The molecule has 3 N–H and O–H groups in total. The van der Waals surface area contributed by atoms with E-state index < -0.39 is 0 Å². The van der Waals surface area contributed by atoms with Crippen molar-refractivity contribution in [3.63, 3.8) is 0 Å². The molecule has 3 rings (SSSR count). The monoisotopic (exact) mass is 357 g/mol. The Bertz CT molecular complexity index is 660. The summed E-state index contributed by atoms with van der Waals surface area (Å²) in [7, 11) is 0. The maximum absolute atomic E-state index is 12.9. The van der Waals surface area contributed by atoms with Gasteiger partial charge < -0.3 is 16.0 Å². The first-order valence-corrected chi connectivity index (χ1v) is 9.94. The van der Waals surface area contributed by atoms with Crippen molar-refractivity contribution in [2.45, 2.75) is 52.5 Å². The van der Waals surface area contributed by atoms with Gasteiger partial charge in [0.15, 0.2) is 0 Å². The predicted molar refractivity (Wildman–Crippen MR) is 104 cm³/mol. The third-order valence-electron chi connectivity index (χ3n) is 6.20. The zero-order valence-corrected chi connectivity index (χ0v) is 15.9. The minimum Gasteiger partial charge on any atom is -0.351 e. The van der Waals surface area contributed by atoms with Crippen molar-refractivity contribution >= 4 is 17.5 Å². The molecule has 142 valence electrons. The van der Waals surface area contributed by atoms with Crippen LogP contribution in [0.4, 0.5) is 5.69 Å². The minimum atomic E-state index is -0.222. The topological polar surface area (TPSA) is 70.2 Å². The Balaban J connectivity index is 1.60. The lowest BCUT2D eigenvalue weighted by molar-refractivity contribution is -0.134. The maximum atomic E-state index is 12.9. The Kier molecular flexibility index (Phi) is 5.97. The Morgan fingerprint density at radius 2 is 2.19 bits per heavy atom. The number of hydrogen-bond acceptors (Lipinski definition) is 3. The molecule has 5 nitrogen and oxygen atoms in total. The Morgan fingerprint density at radius 1 is 1.35 bits per heavy atom. The SMILES string of the molecule is CCC(C)C(=O)Nc1cccc(CNC(=O)[C@@]23CCCC[C@H]2CNC3)c1. The molecular weight excluding hydrogens is 326 g/mol. The quantitative estimate of drug-likeness (QED) is 0.733. The van der Waals surface area contributed by atoms with E-state index in [1.165, 1.54) is 6.42 Å². The number of benzene rings is 1. The van der Waals surface area contributed by atoms with Gasteiger partial charge in [-0.15, -0.1) is 0 Å². The molecule has 1 aromatic carbocycles. The molecule has 0 radical (unpaired) electrons. The lowest BCUT2D eigenvalue weighted by Gasteiger charge is -2.37. The van der Waals surface area contributed by atoms with Gasteiger partial charge in [-0.05, 0) is 49.4 Å². The van der Waals surface area contributed by atoms with Gasteiger partial charge in [0.1, 0.15) is 0 Å². The van der Waals surface area contributed by atoms with E-state index in [0.29, 0.717) is 12.5 Å². The highest BCUT2D eigenvalue weighted by molar-refractivity contribution is 5.92. The van der Waals surface area contributed by atoms with Crippen LogP contribution in [0.1, 0.15) is 51.5 Å². The van der Waals surface area contributed by atoms with Crippen molar-refractivity contribution in [3.05, 3.63) is 29.8 Å². The van der Waals surface area contributed by atoms with Gasteiger partial charge in [0.05, 0.1) is 5.41 Å². The summed E-state index contributed by atoms with van der Waals surface area (Å²) >= 11 is 0. The van der Waals surface area contributed by atoms with Crippen molar-refractivity contribution in [2.75, 3.05) is 18.4 Å². The molecule has 1 aliphatic heterocycles. The van der Waals surface area contributed by atoms with Gasteiger partial charge in [-0.2, -0.15) is 0 Å². The smallest absolute Gasteiger partial charge is 0.228 e. The summed E-state index contributed by atoms with van der Waals surface area (Å²) in [6.45, 7) is 6.19. The number of rotatable bonds is 6. The summed E-state index contributed by atoms with van der Waals surface area (Å²) in [5.74, 6) is 0.684. The van der Waals surface area contributed by atoms with Gasteiger partial charge in [-0.1, -0.05) is 38.8 Å². The Hall–Kier alpha value is -1.88. The number of carbonyl (C=O) groups excluding carboxylic acids is 2. The Labute approximate surface area is 156 Å². The van der Waals surface area contributed by atoms with E-state index in [9.17, 15) is 9.59 Å². The lowest BCUT2D eigenvalue weighted by Crippen LogP contribution is -2.47. The molecule has 1 unspecified atom stereocenters. The molecule has 5 heteroatoms. The third kappa shape index (κ3) is 3.93. The number of fused-ring (bicyclic) bond motifs is 1. The predicted octanol–water partition coefficient (Wildman–Crippen LogP) is 3.07. The van der Waals surface area contributed by atoms with Crippen LogP contribution < -0.4 is 16.0 Å². The molecule has 26 heavy (non-hydrogen) atoms. The van der Waals surface area contributed by atoms with E-state index in [-0.39, 0.29) is 23.1 Å². The second kappa shape index (κ2) is 8.21. The first-order chi connectivity index (χ1) is 12.5. The van der Waals surface area contributed by atoms with Crippen LogP contribution >= 0.6 is 0 Å². The van der Waals surface area contributed by atoms with Crippen LogP contribution in [0.25, 0.3) is 0 Å². The van der Waals surface area contributed by atoms with Crippen LogP contribution in [0.5, 0.6) is 0 Å². The summed E-state index contributed by atoms with van der Waals surface area (Å²) in [6, 6.07) is 7.75. The summed E-state index contributed by atoms with van der Waals surface area (Å²) in [5, 5.41) is 9.53. The molecule has 1 saturated heterocycles. The van der Waals surface area contributed by atoms with Gasteiger partial charge >= 0.3 is 0 Å². The van der Waals surface area contributed by atoms with Crippen LogP contribution in [0.15, 0.2) is 24.3 Å². The zero-order valence-electron chi connectivity index (χ0n) is 15.9. The van der Waals surface area contributed by atoms with Gasteiger partial charge in [0.25, 0.3) is 0 Å². The van der Waals surface area contributed by atoms with Crippen LogP contribution in [-0.2, 0) is 16.1 Å². The molecule has 3 atom stereocenters. The van der Waals surface area contributed by atoms with Crippen LogP contribution in [0.2, 0.25) is 0 Å². The molecule has 2 amide bonds. The molecule has 1 aliphatic carbocycles. The molecule has 2 fully saturated rings. The number of amides is 2. The largest absolute Gasteiger partial charge is 0.351 e. The first-order valence-electron chi connectivity index (χ1n) is 9.94. The van der Waals surface area contributed by atoms with E-state index in [1.807, 2.05) is 38.1 Å². The molecule has 1 heterocycles. The van der Waals surface area contributed by atoms with Gasteiger partial charge in [-0.3, -0.25) is 9.59 Å². The van der Waals surface area contributed by atoms with E-state index in [2.05, 4.69) is 16.0 Å². The average Bonchev–Trinajstić information content (AvgIpc) is 3.11. The maximum Gasteiger partial charge on any atom is 0.228 e. The standard InChI is InChI=1S/C21H31N3O2/c1-3-15(2)19(25)24-18-9-6-7-16(11-18)12-23-20(26)21-10-5-4-8-17(21)13-22-14-21/h6-7,9,11,15,17,22H,3-5,8,10,12-14H2,1-2H3,(H,23,26)(H,24,25)/t15?,17-,21+/m0/s1. The van der Waals surface area contributed by atoms with E-state index in [0.717, 1.165) is 50.0 Å². The minimum absolute atomic E-state index is 0.00411. The normalized spacial score (nSPS) is 26.0. The van der Waals surface area contributed by atoms with E-state index in [4.69, 9.17) is 0 Å². The van der Waals surface area contributed by atoms with Crippen LogP contribution in [0, 0.1) is 17.3 Å². The third-order valence-corrected chi connectivity index (χ3v) is 6.20. The zero-order chi connectivity index (χ0) is 18.6. The number of carbonyl (C=O) groups is 2. The summed E-state index contributed by atoms with van der Waals surface area (Å²) in [4.78, 5) is 25.0. The highest BCUT2D eigenvalue weighted by atomic mass is 16.2. The first kappa shape index (κ1) is 18.9. The lowest BCUT2D eigenvalue weighted by atomic mass is 9.67. The Morgan fingerprint density at radius 3 is 3.00 bits per heavy atom. The highest BCUT2D eigenvalue weighted by Crippen LogP contribution is 2.43. The number of anilines is 1. The molecule has 0 spiro atoms. The second-order valence-electron chi connectivity index (χ2n) is 7.91. The number of nitrogens with one attached hydrogen (secondary N) is 3. The van der Waals surface area contributed by atoms with Crippen LogP contribution in [-0.4, -0.2) is 24.9 Å².